The van der Waals surface area contributed by atoms with Gasteiger partial charge in [-0.25, -0.2) is 0 Å². The lowest BCUT2D eigenvalue weighted by molar-refractivity contribution is -0.125. The lowest BCUT2D eigenvalue weighted by atomic mass is 10.1. The highest BCUT2D eigenvalue weighted by Crippen LogP contribution is 2.30. The smallest absolute Gasteiger partial charge is 0.247 e. The molecular formula is C17H15ClN2O2. The second kappa shape index (κ2) is 6.25. The summed E-state index contributed by atoms with van der Waals surface area (Å²) in [4.78, 5) is 13.8. The Balaban J connectivity index is 1.73. The first-order valence-electron chi connectivity index (χ1n) is 7.16. The van der Waals surface area contributed by atoms with Crippen molar-refractivity contribution in [2.45, 2.75) is 18.9 Å². The molecule has 1 amide bonds. The van der Waals surface area contributed by atoms with E-state index in [2.05, 4.69) is 0 Å². The standard InChI is InChI=1S/C17H15ClN2O2/c18-14-2-5-16-13(10-14)9-12(11-22-16)1-6-17(21)20(8-7-19)15-3-4-15/h1-2,5-6,9-10,15H,3-4,8,11H2/b6-1+. The molecule has 112 valence electrons. The van der Waals surface area contributed by atoms with Crippen LogP contribution in [-0.2, 0) is 4.79 Å². The van der Waals surface area contributed by atoms with Crippen molar-refractivity contribution in [1.29, 1.82) is 5.26 Å². The third kappa shape index (κ3) is 3.32. The van der Waals surface area contributed by atoms with Gasteiger partial charge in [-0.15, -0.1) is 0 Å². The number of carbonyl (C=O) groups excluding carboxylic acids is 1. The molecule has 5 heteroatoms. The van der Waals surface area contributed by atoms with Crippen LogP contribution in [0.5, 0.6) is 5.75 Å². The number of benzene rings is 1. The van der Waals surface area contributed by atoms with E-state index in [1.165, 1.54) is 6.08 Å². The summed E-state index contributed by atoms with van der Waals surface area (Å²) < 4.78 is 5.64. The van der Waals surface area contributed by atoms with Crippen molar-refractivity contribution in [2.75, 3.05) is 13.2 Å². The topological polar surface area (TPSA) is 53.3 Å². The van der Waals surface area contributed by atoms with Crippen molar-refractivity contribution in [1.82, 2.24) is 4.90 Å². The maximum absolute atomic E-state index is 12.2. The molecule has 0 N–H and O–H groups in total. The summed E-state index contributed by atoms with van der Waals surface area (Å²) in [6, 6.07) is 7.73. The van der Waals surface area contributed by atoms with Crippen molar-refractivity contribution in [2.24, 2.45) is 0 Å². The van der Waals surface area contributed by atoms with Gasteiger partial charge < -0.3 is 9.64 Å². The van der Waals surface area contributed by atoms with Crippen LogP contribution < -0.4 is 4.74 Å². The minimum atomic E-state index is -0.123. The fraction of sp³-hybridized carbons (Fsp3) is 0.294. The lowest BCUT2D eigenvalue weighted by Crippen LogP contribution is -2.32. The Hall–Kier alpha value is -2.25. The quantitative estimate of drug-likeness (QED) is 0.633. The summed E-state index contributed by atoms with van der Waals surface area (Å²) in [6.07, 6.45) is 7.19. The second-order valence-electron chi connectivity index (χ2n) is 5.38. The van der Waals surface area contributed by atoms with Gasteiger partial charge in [0, 0.05) is 22.7 Å². The van der Waals surface area contributed by atoms with Gasteiger partial charge in [0.15, 0.2) is 0 Å². The van der Waals surface area contributed by atoms with Crippen LogP contribution in [0.2, 0.25) is 5.02 Å². The summed E-state index contributed by atoms with van der Waals surface area (Å²) in [5, 5.41) is 9.45. The molecule has 0 spiro atoms. The van der Waals surface area contributed by atoms with Gasteiger partial charge in [-0.2, -0.15) is 5.26 Å². The third-order valence-electron chi connectivity index (χ3n) is 3.66. The third-order valence-corrected chi connectivity index (χ3v) is 3.89. The monoisotopic (exact) mass is 314 g/mol. The largest absolute Gasteiger partial charge is 0.488 e. The van der Waals surface area contributed by atoms with E-state index in [-0.39, 0.29) is 18.5 Å². The molecule has 0 aromatic heterocycles. The number of hydrogen-bond donors (Lipinski definition) is 0. The molecule has 0 saturated heterocycles. The SMILES string of the molecule is N#CCN(C(=O)/C=C/C1=Cc2cc(Cl)ccc2OC1)C1CC1. The van der Waals surface area contributed by atoms with E-state index in [9.17, 15) is 4.79 Å². The molecule has 1 heterocycles. The Morgan fingerprint density at radius 1 is 1.50 bits per heavy atom. The predicted octanol–water partition coefficient (Wildman–Crippen LogP) is 3.19. The second-order valence-corrected chi connectivity index (χ2v) is 5.82. The molecule has 1 aliphatic heterocycles. The van der Waals surface area contributed by atoms with Crippen LogP contribution in [0.4, 0.5) is 0 Å². The Bertz CT molecular complexity index is 699. The van der Waals surface area contributed by atoms with E-state index in [4.69, 9.17) is 21.6 Å². The fourth-order valence-corrected chi connectivity index (χ4v) is 2.57. The number of hydrogen-bond acceptors (Lipinski definition) is 3. The molecule has 0 unspecified atom stereocenters. The van der Waals surface area contributed by atoms with Crippen LogP contribution in [0.15, 0.2) is 35.9 Å². The molecule has 1 saturated carbocycles. The van der Waals surface area contributed by atoms with Crippen LogP contribution in [0.25, 0.3) is 6.08 Å². The minimum absolute atomic E-state index is 0.123. The van der Waals surface area contributed by atoms with Crippen molar-refractivity contribution in [3.8, 4) is 11.8 Å². The molecule has 0 bridgehead atoms. The Labute approximate surface area is 134 Å². The first-order valence-corrected chi connectivity index (χ1v) is 7.54. The molecule has 3 rings (SSSR count). The molecular weight excluding hydrogens is 300 g/mol. The molecule has 4 nitrogen and oxygen atoms in total. The average Bonchev–Trinajstić information content (AvgIpc) is 3.34. The summed E-state index contributed by atoms with van der Waals surface area (Å²) in [6.45, 7) is 0.557. The van der Waals surface area contributed by atoms with E-state index in [1.807, 2.05) is 24.3 Å². The van der Waals surface area contributed by atoms with Crippen LogP contribution in [0, 0.1) is 11.3 Å². The number of halogens is 1. The summed E-state index contributed by atoms with van der Waals surface area (Å²) in [5.41, 5.74) is 1.80. The van der Waals surface area contributed by atoms with E-state index in [0.29, 0.717) is 11.6 Å². The van der Waals surface area contributed by atoms with E-state index in [1.54, 1.807) is 17.0 Å². The summed E-state index contributed by atoms with van der Waals surface area (Å²) in [7, 11) is 0. The number of fused-ring (bicyclic) bond motifs is 1. The lowest BCUT2D eigenvalue weighted by Gasteiger charge is -2.18. The zero-order chi connectivity index (χ0) is 15.5. The normalized spacial score (nSPS) is 16.5. The van der Waals surface area contributed by atoms with Gasteiger partial charge in [-0.05, 0) is 42.7 Å². The summed E-state index contributed by atoms with van der Waals surface area (Å²) >= 11 is 5.98. The molecule has 1 fully saturated rings. The van der Waals surface area contributed by atoms with Gasteiger partial charge in [0.2, 0.25) is 5.91 Å². The zero-order valence-corrected chi connectivity index (χ0v) is 12.7. The van der Waals surface area contributed by atoms with E-state index < -0.39 is 0 Å². The minimum Gasteiger partial charge on any atom is -0.488 e. The number of nitrogens with zero attached hydrogens (tertiary/aromatic N) is 2. The molecule has 1 aromatic rings. The predicted molar refractivity (Wildman–Crippen MR) is 84.4 cm³/mol. The fourth-order valence-electron chi connectivity index (χ4n) is 2.39. The van der Waals surface area contributed by atoms with Gasteiger partial charge >= 0.3 is 0 Å². The van der Waals surface area contributed by atoms with Gasteiger partial charge in [-0.3, -0.25) is 4.79 Å². The van der Waals surface area contributed by atoms with Crippen molar-refractivity contribution < 1.29 is 9.53 Å². The molecule has 1 aromatic carbocycles. The van der Waals surface area contributed by atoms with Crippen LogP contribution in [0.3, 0.4) is 0 Å². The van der Waals surface area contributed by atoms with Gasteiger partial charge in [0.05, 0.1) is 6.07 Å². The maximum Gasteiger partial charge on any atom is 0.247 e. The Morgan fingerprint density at radius 3 is 3.05 bits per heavy atom. The number of amides is 1. The number of rotatable bonds is 4. The first kappa shape index (κ1) is 14.7. The molecule has 1 aliphatic carbocycles. The summed E-state index contributed by atoms with van der Waals surface area (Å²) in [5.74, 6) is 0.666. The number of nitriles is 1. The van der Waals surface area contributed by atoms with Crippen molar-refractivity contribution >= 4 is 23.6 Å². The van der Waals surface area contributed by atoms with Crippen molar-refractivity contribution in [3.63, 3.8) is 0 Å². The highest BCUT2D eigenvalue weighted by molar-refractivity contribution is 6.30. The number of ether oxygens (including phenoxy) is 1. The molecule has 0 radical (unpaired) electrons. The molecule has 22 heavy (non-hydrogen) atoms. The zero-order valence-electron chi connectivity index (χ0n) is 12.0. The van der Waals surface area contributed by atoms with Gasteiger partial charge in [0.25, 0.3) is 0 Å². The first-order chi connectivity index (χ1) is 10.7. The van der Waals surface area contributed by atoms with Gasteiger partial charge in [-0.1, -0.05) is 17.7 Å². The van der Waals surface area contributed by atoms with Crippen LogP contribution in [-0.4, -0.2) is 30.0 Å². The molecule has 2 aliphatic rings. The van der Waals surface area contributed by atoms with Crippen LogP contribution in [0.1, 0.15) is 18.4 Å². The Morgan fingerprint density at radius 2 is 2.32 bits per heavy atom. The van der Waals surface area contributed by atoms with E-state index >= 15 is 0 Å². The Kier molecular flexibility index (Phi) is 4.17. The highest BCUT2D eigenvalue weighted by atomic mass is 35.5. The molecule has 0 atom stereocenters. The van der Waals surface area contributed by atoms with Crippen LogP contribution >= 0.6 is 11.6 Å². The van der Waals surface area contributed by atoms with Crippen molar-refractivity contribution in [3.05, 3.63) is 46.5 Å². The maximum atomic E-state index is 12.2. The number of carbonyl (C=O) groups is 1. The van der Waals surface area contributed by atoms with E-state index in [0.717, 1.165) is 29.7 Å². The highest BCUT2D eigenvalue weighted by Gasteiger charge is 2.31. The average molecular weight is 315 g/mol. The van der Waals surface area contributed by atoms with Gasteiger partial charge in [0.1, 0.15) is 18.9 Å².